The highest BCUT2D eigenvalue weighted by atomic mass is 32.2. The van der Waals surface area contributed by atoms with E-state index in [9.17, 15) is 57.6 Å². The number of rotatable bonds is 10. The molecule has 0 atom stereocenters. The highest BCUT2D eigenvalue weighted by Crippen LogP contribution is 2.33. The molecule has 0 radical (unpaired) electrons. The van der Waals surface area contributed by atoms with Crippen molar-refractivity contribution in [1.29, 1.82) is 0 Å². The van der Waals surface area contributed by atoms with Gasteiger partial charge in [-0.25, -0.2) is 21.2 Å². The number of aromatic nitrogens is 5. The maximum Gasteiger partial charge on any atom is 0.416 e. The first-order valence-electron chi connectivity index (χ1n) is 13.6. The number of halogens is 6. The molecule has 4 rings (SSSR count). The number of methoxy groups -OCH3 is 2. The average molecular weight is 769 g/mol. The van der Waals surface area contributed by atoms with E-state index in [1.54, 1.807) is 0 Å². The summed E-state index contributed by atoms with van der Waals surface area (Å²) in [5, 5.41) is 2.57. The lowest BCUT2D eigenvalue weighted by atomic mass is 10.0. The Morgan fingerprint density at radius 3 is 1.96 bits per heavy atom. The van der Waals surface area contributed by atoms with Crippen LogP contribution in [0.5, 0.6) is 12.0 Å². The van der Waals surface area contributed by atoms with Crippen LogP contribution in [-0.2, 0) is 33.1 Å². The molecule has 0 saturated carbocycles. The van der Waals surface area contributed by atoms with Crippen LogP contribution in [0.4, 0.5) is 32.0 Å². The molecule has 0 amide bonds. The molecule has 51 heavy (non-hydrogen) atoms. The number of aryl methyl sites for hydroxylation is 2. The number of sulfonamides is 1. The van der Waals surface area contributed by atoms with Gasteiger partial charge in [-0.2, -0.15) is 31.9 Å². The van der Waals surface area contributed by atoms with Gasteiger partial charge >= 0.3 is 24.0 Å². The standard InChI is InChI=1S/C14H13F3N4O5S.C14H13F3N2O4S/c1-21(27(23,24)12(16)17)9-7(5-4-6-8(9)15)10(22)11-18-13(25-2)20-14(19-11)26-3;1-7-11(13(21)19(2)18-7)12(20)9-5-4-8(14(15,16)17)6-10(9)24(3,22)23/h4-6,12H,1-3H3;4-6,18H,1-3H3. The number of para-hydroxylation sites is 1. The minimum atomic E-state index is -5.21. The number of anilines is 1. The molecule has 2 aromatic heterocycles. The third-order valence-electron chi connectivity index (χ3n) is 6.72. The second-order valence-electron chi connectivity index (χ2n) is 10.2. The fourth-order valence-corrected chi connectivity index (χ4v) is 5.87. The van der Waals surface area contributed by atoms with Crippen molar-refractivity contribution in [3.8, 4) is 12.0 Å². The first kappa shape index (κ1) is 40.1. The number of sulfone groups is 1. The van der Waals surface area contributed by atoms with Crippen molar-refractivity contribution in [2.24, 2.45) is 7.05 Å². The number of benzene rings is 2. The number of ether oxygens (including phenoxy) is 2. The summed E-state index contributed by atoms with van der Waals surface area (Å²) in [4.78, 5) is 47.5. The van der Waals surface area contributed by atoms with Gasteiger partial charge in [0.1, 0.15) is 11.4 Å². The monoisotopic (exact) mass is 768 g/mol. The predicted molar refractivity (Wildman–Crippen MR) is 165 cm³/mol. The van der Waals surface area contributed by atoms with Crippen LogP contribution in [0, 0.1) is 12.7 Å². The Morgan fingerprint density at radius 1 is 0.941 bits per heavy atom. The van der Waals surface area contributed by atoms with Crippen LogP contribution in [-0.4, -0.2) is 86.4 Å². The normalized spacial score (nSPS) is 11.9. The zero-order valence-corrected chi connectivity index (χ0v) is 28.7. The Morgan fingerprint density at radius 2 is 1.51 bits per heavy atom. The fourth-order valence-electron chi connectivity index (χ4n) is 4.29. The quantitative estimate of drug-likeness (QED) is 0.183. The summed E-state index contributed by atoms with van der Waals surface area (Å²) in [5.74, 6) is -7.60. The predicted octanol–water partition coefficient (Wildman–Crippen LogP) is 2.92. The maximum absolute atomic E-state index is 14.3. The Hall–Kier alpha value is -5.32. The average Bonchev–Trinajstić information content (AvgIpc) is 3.32. The number of nitrogens with zero attached hydrogens (tertiary/aromatic N) is 5. The highest BCUT2D eigenvalue weighted by Gasteiger charge is 2.35. The number of nitrogens with one attached hydrogen (secondary N) is 1. The minimum absolute atomic E-state index is 0.00408. The number of H-pyrrole nitrogens is 1. The van der Waals surface area contributed by atoms with Crippen LogP contribution in [0.3, 0.4) is 0 Å². The van der Waals surface area contributed by atoms with Gasteiger partial charge in [-0.3, -0.25) is 28.5 Å². The molecule has 0 spiro atoms. The van der Waals surface area contributed by atoms with Gasteiger partial charge in [0.15, 0.2) is 9.84 Å². The van der Waals surface area contributed by atoms with Gasteiger partial charge < -0.3 is 9.47 Å². The van der Waals surface area contributed by atoms with E-state index in [0.29, 0.717) is 25.4 Å². The number of hydrogen-bond acceptors (Lipinski definition) is 12. The van der Waals surface area contributed by atoms with Crippen LogP contribution in [0.25, 0.3) is 0 Å². The van der Waals surface area contributed by atoms with Crippen molar-refractivity contribution in [1.82, 2.24) is 24.7 Å². The second-order valence-corrected chi connectivity index (χ2v) is 14.1. The Bertz CT molecular complexity index is 2250. The summed E-state index contributed by atoms with van der Waals surface area (Å²) < 4.78 is 136. The summed E-state index contributed by atoms with van der Waals surface area (Å²) in [6.07, 6.45) is -4.07. The molecule has 0 aliphatic rings. The van der Waals surface area contributed by atoms with E-state index in [4.69, 9.17) is 9.47 Å². The van der Waals surface area contributed by atoms with E-state index in [2.05, 4.69) is 20.1 Å². The van der Waals surface area contributed by atoms with E-state index in [1.807, 2.05) is 0 Å². The number of ketones is 2. The topological polar surface area (TPSA) is 201 Å². The van der Waals surface area contributed by atoms with Crippen LogP contribution < -0.4 is 19.3 Å². The van der Waals surface area contributed by atoms with Crippen LogP contribution >= 0.6 is 0 Å². The lowest BCUT2D eigenvalue weighted by Crippen LogP contribution is -2.33. The van der Waals surface area contributed by atoms with Crippen molar-refractivity contribution in [2.75, 3.05) is 31.8 Å². The minimum Gasteiger partial charge on any atom is -0.467 e. The molecule has 0 bridgehead atoms. The van der Waals surface area contributed by atoms with Crippen molar-refractivity contribution in [2.45, 2.75) is 23.8 Å². The number of carbonyl (C=O) groups excluding carboxylic acids is 2. The Kier molecular flexibility index (Phi) is 11.7. The molecule has 1 N–H and O–H groups in total. The second kappa shape index (κ2) is 14.9. The summed E-state index contributed by atoms with van der Waals surface area (Å²) in [6.45, 7) is 1.43. The molecule has 0 aliphatic carbocycles. The van der Waals surface area contributed by atoms with Crippen molar-refractivity contribution >= 4 is 37.1 Å². The molecular weight excluding hydrogens is 742 g/mol. The molecule has 276 valence electrons. The zero-order valence-electron chi connectivity index (χ0n) is 27.0. The Balaban J connectivity index is 0.000000277. The van der Waals surface area contributed by atoms with Crippen molar-refractivity contribution in [3.05, 3.63) is 86.3 Å². The van der Waals surface area contributed by atoms with Gasteiger partial charge in [0.2, 0.25) is 17.4 Å². The lowest BCUT2D eigenvalue weighted by Gasteiger charge is -2.21. The molecule has 0 fully saturated rings. The van der Waals surface area contributed by atoms with Gasteiger partial charge in [-0.1, -0.05) is 6.07 Å². The molecule has 15 nitrogen and oxygen atoms in total. The maximum atomic E-state index is 14.3. The van der Waals surface area contributed by atoms with E-state index in [0.717, 1.165) is 28.9 Å². The molecule has 23 heteroatoms. The summed E-state index contributed by atoms with van der Waals surface area (Å²) in [5.41, 5.74) is -3.94. The van der Waals surface area contributed by atoms with Gasteiger partial charge in [0.25, 0.3) is 15.6 Å². The fraction of sp³-hybridized carbons (Fsp3) is 0.286. The van der Waals surface area contributed by atoms with Gasteiger partial charge in [0.05, 0.1) is 35.9 Å². The summed E-state index contributed by atoms with van der Waals surface area (Å²) in [6, 6.07) is 4.15. The molecule has 2 heterocycles. The van der Waals surface area contributed by atoms with Gasteiger partial charge in [-0.15, -0.1) is 4.98 Å². The van der Waals surface area contributed by atoms with E-state index in [-0.39, 0.29) is 27.6 Å². The van der Waals surface area contributed by atoms with E-state index < -0.39 is 87.8 Å². The summed E-state index contributed by atoms with van der Waals surface area (Å²) >= 11 is 0. The number of aromatic amines is 1. The number of carbonyl (C=O) groups is 2. The largest absolute Gasteiger partial charge is 0.467 e. The molecule has 2 aromatic carbocycles. The van der Waals surface area contributed by atoms with E-state index in [1.165, 1.54) is 28.2 Å². The first-order valence-corrected chi connectivity index (χ1v) is 17.0. The van der Waals surface area contributed by atoms with Crippen molar-refractivity contribution in [3.63, 3.8) is 0 Å². The van der Waals surface area contributed by atoms with Crippen LogP contribution in [0.1, 0.15) is 43.4 Å². The molecule has 4 aromatic rings. The molecule has 0 saturated heterocycles. The number of alkyl halides is 5. The van der Waals surface area contributed by atoms with E-state index >= 15 is 0 Å². The molecular formula is C28H26F6N6O9S2. The number of hydrogen-bond donors (Lipinski definition) is 1. The zero-order chi connectivity index (χ0) is 38.8. The highest BCUT2D eigenvalue weighted by molar-refractivity contribution is 7.93. The van der Waals surface area contributed by atoms with Crippen molar-refractivity contribution < 1.29 is 62.2 Å². The van der Waals surface area contributed by atoms with Crippen LogP contribution in [0.2, 0.25) is 0 Å². The smallest absolute Gasteiger partial charge is 0.416 e. The lowest BCUT2D eigenvalue weighted by molar-refractivity contribution is -0.137. The SMILES string of the molecule is COc1nc(OC)nc(C(=O)c2cccc(F)c2N(C)S(=O)(=O)C(F)F)n1.Cc1[nH]n(C)c(=O)c1C(=O)c1ccc(C(F)(F)F)cc1S(C)(=O)=O. The van der Waals surface area contributed by atoms with Crippen LogP contribution in [0.15, 0.2) is 46.1 Å². The Labute approximate surface area is 284 Å². The molecule has 0 aliphatic heterocycles. The van der Waals surface area contributed by atoms with Gasteiger partial charge in [-0.05, 0) is 37.3 Å². The molecule has 0 unspecified atom stereocenters. The third-order valence-corrected chi connectivity index (χ3v) is 9.26. The van der Waals surface area contributed by atoms with Gasteiger partial charge in [0, 0.05) is 31.6 Å². The summed E-state index contributed by atoms with van der Waals surface area (Å²) in [7, 11) is -4.87. The first-order chi connectivity index (χ1) is 23.5. The third kappa shape index (κ3) is 8.53.